The highest BCUT2D eigenvalue weighted by molar-refractivity contribution is 6.04. The van der Waals surface area contributed by atoms with Gasteiger partial charge in [-0.25, -0.2) is 9.59 Å². The molecule has 0 radical (unpaired) electrons. The highest BCUT2D eigenvalue weighted by atomic mass is 16.6. The van der Waals surface area contributed by atoms with Crippen molar-refractivity contribution >= 4 is 11.9 Å². The van der Waals surface area contributed by atoms with E-state index in [0.717, 1.165) is 0 Å². The van der Waals surface area contributed by atoms with E-state index in [0.29, 0.717) is 11.1 Å². The van der Waals surface area contributed by atoms with Gasteiger partial charge in [0.15, 0.2) is 0 Å². The lowest BCUT2D eigenvalue weighted by Gasteiger charge is -2.03. The molecule has 0 bridgehead atoms. The Balaban J connectivity index is 2.83. The maximum atomic E-state index is 11.5. The van der Waals surface area contributed by atoms with Gasteiger partial charge in [-0.1, -0.05) is 24.8 Å². The minimum atomic E-state index is -1.02. The van der Waals surface area contributed by atoms with Crippen LogP contribution in [0, 0.1) is 18.3 Å². The van der Waals surface area contributed by atoms with Crippen LogP contribution >= 0.6 is 0 Å². The van der Waals surface area contributed by atoms with Crippen LogP contribution in [-0.2, 0) is 9.53 Å². The van der Waals surface area contributed by atoms with Gasteiger partial charge in [-0.15, -0.1) is 0 Å². The first-order valence-corrected chi connectivity index (χ1v) is 4.47. The van der Waals surface area contributed by atoms with Gasteiger partial charge >= 0.3 is 11.9 Å². The van der Waals surface area contributed by atoms with Gasteiger partial charge in [-0.05, 0) is 18.6 Å². The summed E-state index contributed by atoms with van der Waals surface area (Å²) in [7, 11) is 0. The zero-order valence-corrected chi connectivity index (χ0v) is 8.69. The number of aryl methyl sites for hydroxylation is 1. The first kappa shape index (κ1) is 11.7. The van der Waals surface area contributed by atoms with Gasteiger partial charge in [0.2, 0.25) is 0 Å². The number of hydrogen-bond donors (Lipinski definition) is 0. The Morgan fingerprint density at radius 2 is 2.00 bits per heavy atom. The summed E-state index contributed by atoms with van der Waals surface area (Å²) < 4.78 is 4.47. The molecule has 1 aromatic rings. The fourth-order valence-electron chi connectivity index (χ4n) is 1.05. The van der Waals surface area contributed by atoms with Gasteiger partial charge in [0.25, 0.3) is 0 Å². The summed E-state index contributed by atoms with van der Waals surface area (Å²) in [6.45, 7) is 4.88. The summed E-state index contributed by atoms with van der Waals surface area (Å²) in [6, 6.07) is 8.20. The maximum Gasteiger partial charge on any atom is 0.356 e. The molecule has 16 heavy (non-hydrogen) atoms. The van der Waals surface area contributed by atoms with Crippen molar-refractivity contribution in [2.75, 3.05) is 0 Å². The van der Waals surface area contributed by atoms with E-state index in [2.05, 4.69) is 11.3 Å². The summed E-state index contributed by atoms with van der Waals surface area (Å²) in [4.78, 5) is 22.6. The quantitative estimate of drug-likeness (QED) is 0.326. The minimum Gasteiger partial charge on any atom is -0.385 e. The predicted molar refractivity (Wildman–Crippen MR) is 56.4 cm³/mol. The average molecular weight is 215 g/mol. The molecule has 0 heterocycles. The number of nitriles is 1. The summed E-state index contributed by atoms with van der Waals surface area (Å²) in [5, 5.41) is 8.38. The first-order chi connectivity index (χ1) is 7.56. The van der Waals surface area contributed by atoms with Gasteiger partial charge in [0.1, 0.15) is 11.6 Å². The molecular weight excluding hydrogens is 206 g/mol. The molecule has 0 aliphatic carbocycles. The molecular formula is C12H9NO3. The van der Waals surface area contributed by atoms with Gasteiger partial charge in [-0.3, -0.25) is 0 Å². The van der Waals surface area contributed by atoms with Gasteiger partial charge in [-0.2, -0.15) is 5.26 Å². The normalized spacial score (nSPS) is 9.00. The van der Waals surface area contributed by atoms with Crippen molar-refractivity contribution in [2.45, 2.75) is 6.92 Å². The number of benzene rings is 1. The van der Waals surface area contributed by atoms with E-state index in [1.165, 1.54) is 6.07 Å². The fraction of sp³-hybridized carbons (Fsp3) is 0.0833. The number of ether oxygens (including phenoxy) is 1. The lowest BCUT2D eigenvalue weighted by molar-refractivity contribution is -0.133. The van der Waals surface area contributed by atoms with Crippen molar-refractivity contribution in [1.82, 2.24) is 0 Å². The molecule has 4 nitrogen and oxygen atoms in total. The van der Waals surface area contributed by atoms with E-state index in [9.17, 15) is 9.59 Å². The molecule has 0 N–H and O–H groups in total. The van der Waals surface area contributed by atoms with Crippen LogP contribution in [0.2, 0.25) is 0 Å². The lowest BCUT2D eigenvalue weighted by Crippen LogP contribution is -2.14. The van der Waals surface area contributed by atoms with E-state index >= 15 is 0 Å². The Labute approximate surface area is 92.8 Å². The zero-order valence-electron chi connectivity index (χ0n) is 8.69. The van der Waals surface area contributed by atoms with Crippen LogP contribution in [0.1, 0.15) is 15.9 Å². The molecule has 0 saturated carbocycles. The third kappa shape index (κ3) is 2.55. The molecule has 4 heteroatoms. The van der Waals surface area contributed by atoms with E-state index in [4.69, 9.17) is 5.26 Å². The molecule has 0 aromatic heterocycles. The maximum absolute atomic E-state index is 11.5. The molecule has 0 unspecified atom stereocenters. The molecule has 1 aromatic carbocycles. The van der Waals surface area contributed by atoms with Crippen molar-refractivity contribution in [3.63, 3.8) is 0 Å². The first-order valence-electron chi connectivity index (χ1n) is 4.47. The van der Waals surface area contributed by atoms with Crippen LogP contribution in [0.3, 0.4) is 0 Å². The van der Waals surface area contributed by atoms with Crippen LogP contribution in [0.5, 0.6) is 0 Å². The largest absolute Gasteiger partial charge is 0.385 e. The van der Waals surface area contributed by atoms with Crippen LogP contribution < -0.4 is 0 Å². The van der Waals surface area contributed by atoms with Gasteiger partial charge in [0, 0.05) is 0 Å². The lowest BCUT2D eigenvalue weighted by atomic mass is 10.1. The highest BCUT2D eigenvalue weighted by Gasteiger charge is 2.16. The molecule has 0 atom stereocenters. The zero-order chi connectivity index (χ0) is 12.1. The molecule has 0 spiro atoms. The second kappa shape index (κ2) is 4.89. The molecule has 80 valence electrons. The average Bonchev–Trinajstić information content (AvgIpc) is 2.28. The summed E-state index contributed by atoms with van der Waals surface area (Å²) in [5.74, 6) is -1.80. The molecule has 0 amide bonds. The molecule has 0 fully saturated rings. The number of hydrogen-bond acceptors (Lipinski definition) is 4. The molecule has 0 aliphatic rings. The summed E-state index contributed by atoms with van der Waals surface area (Å²) >= 11 is 0. The minimum absolute atomic E-state index is 0.293. The van der Waals surface area contributed by atoms with Crippen LogP contribution in [0.25, 0.3) is 0 Å². The van der Waals surface area contributed by atoms with Crippen LogP contribution in [-0.4, -0.2) is 11.9 Å². The number of rotatable bonds is 2. The van der Waals surface area contributed by atoms with Gasteiger partial charge in [0.05, 0.1) is 5.56 Å². The predicted octanol–water partition coefficient (Wildman–Crippen LogP) is 1.76. The topological polar surface area (TPSA) is 67.2 Å². The number of nitrogens with zero attached hydrogens (tertiary/aromatic N) is 1. The fourth-order valence-corrected chi connectivity index (χ4v) is 1.05. The monoisotopic (exact) mass is 215 g/mol. The standard InChI is InChI=1S/C12H9NO3/c1-8-5-3-4-6-10(8)12(15)16-11(14)9(2)7-13/h3-6H,2H2,1H3. The van der Waals surface area contributed by atoms with Crippen molar-refractivity contribution < 1.29 is 14.3 Å². The number of esters is 2. The molecule has 0 aliphatic heterocycles. The number of carbonyl (C=O) groups is 2. The molecule has 0 saturated heterocycles. The van der Waals surface area contributed by atoms with E-state index < -0.39 is 17.5 Å². The summed E-state index contributed by atoms with van der Waals surface area (Å²) in [5.41, 5.74) is 0.589. The molecule has 1 rings (SSSR count). The van der Waals surface area contributed by atoms with E-state index in [1.54, 1.807) is 31.2 Å². The Kier molecular flexibility index (Phi) is 3.57. The Bertz CT molecular complexity index is 497. The third-order valence-corrected chi connectivity index (χ3v) is 1.93. The van der Waals surface area contributed by atoms with E-state index in [-0.39, 0.29) is 0 Å². The second-order valence-corrected chi connectivity index (χ2v) is 3.08. The SMILES string of the molecule is C=C(C#N)C(=O)OC(=O)c1ccccc1C. The number of carbonyl (C=O) groups excluding carboxylic acids is 2. The Hall–Kier alpha value is -2.41. The summed E-state index contributed by atoms with van der Waals surface area (Å²) in [6.07, 6.45) is 0. The van der Waals surface area contributed by atoms with Crippen molar-refractivity contribution in [3.8, 4) is 6.07 Å². The van der Waals surface area contributed by atoms with Gasteiger partial charge < -0.3 is 4.74 Å². The Morgan fingerprint density at radius 1 is 1.38 bits per heavy atom. The van der Waals surface area contributed by atoms with Crippen LogP contribution in [0.15, 0.2) is 36.4 Å². The van der Waals surface area contributed by atoms with E-state index in [1.807, 2.05) is 0 Å². The van der Waals surface area contributed by atoms with Crippen molar-refractivity contribution in [3.05, 3.63) is 47.5 Å². The third-order valence-electron chi connectivity index (χ3n) is 1.93. The van der Waals surface area contributed by atoms with Crippen molar-refractivity contribution in [1.29, 1.82) is 5.26 Å². The van der Waals surface area contributed by atoms with Crippen molar-refractivity contribution in [2.24, 2.45) is 0 Å². The van der Waals surface area contributed by atoms with Crippen LogP contribution in [0.4, 0.5) is 0 Å². The smallest absolute Gasteiger partial charge is 0.356 e. The Morgan fingerprint density at radius 3 is 2.56 bits per heavy atom. The highest BCUT2D eigenvalue weighted by Crippen LogP contribution is 2.09. The second-order valence-electron chi connectivity index (χ2n) is 3.08.